The van der Waals surface area contributed by atoms with Gasteiger partial charge >= 0.3 is 0 Å². The maximum Gasteiger partial charge on any atom is 0.0549 e. The van der Waals surface area contributed by atoms with Gasteiger partial charge in [0.2, 0.25) is 0 Å². The largest absolute Gasteiger partial charge is 0.393 e. The molecule has 2 atom stereocenters. The van der Waals surface area contributed by atoms with E-state index in [0.29, 0.717) is 0 Å². The van der Waals surface area contributed by atoms with Gasteiger partial charge in [0.25, 0.3) is 0 Å². The molecule has 76 valence electrons. The van der Waals surface area contributed by atoms with Crippen LogP contribution in [0.4, 0.5) is 0 Å². The molecule has 0 radical (unpaired) electrons. The van der Waals surface area contributed by atoms with Crippen LogP contribution in [0.5, 0.6) is 0 Å². The molecule has 1 aliphatic carbocycles. The predicted molar refractivity (Wildman–Crippen MR) is 58.7 cm³/mol. The first-order valence-corrected chi connectivity index (χ1v) is 5.42. The van der Waals surface area contributed by atoms with E-state index in [4.69, 9.17) is 11.6 Å². The van der Waals surface area contributed by atoms with Crippen molar-refractivity contribution >= 4 is 11.6 Å². The molecule has 0 saturated heterocycles. The maximum atomic E-state index is 9.56. The lowest BCUT2D eigenvalue weighted by molar-refractivity contribution is 0.175. The Morgan fingerprint density at radius 1 is 1.50 bits per heavy atom. The van der Waals surface area contributed by atoms with Gasteiger partial charge in [0.15, 0.2) is 0 Å². The highest BCUT2D eigenvalue weighted by molar-refractivity contribution is 6.30. The highest BCUT2D eigenvalue weighted by Crippen LogP contribution is 2.41. The Bertz CT molecular complexity index is 337. The molecular formula is C12H15ClO. The zero-order chi connectivity index (χ0) is 10.2. The molecule has 2 unspecified atom stereocenters. The minimum absolute atomic E-state index is 0.115. The number of benzene rings is 1. The lowest BCUT2D eigenvalue weighted by atomic mass is 9.81. The van der Waals surface area contributed by atoms with Crippen LogP contribution in [0.1, 0.15) is 31.7 Å². The van der Waals surface area contributed by atoms with Gasteiger partial charge in [0.05, 0.1) is 6.10 Å². The molecule has 0 amide bonds. The normalized spacial score (nSPS) is 32.1. The molecule has 0 aromatic heterocycles. The van der Waals surface area contributed by atoms with E-state index >= 15 is 0 Å². The van der Waals surface area contributed by atoms with E-state index in [9.17, 15) is 5.11 Å². The van der Waals surface area contributed by atoms with Crippen LogP contribution < -0.4 is 0 Å². The van der Waals surface area contributed by atoms with Crippen molar-refractivity contribution in [1.29, 1.82) is 0 Å². The van der Waals surface area contributed by atoms with Crippen molar-refractivity contribution in [2.75, 3.05) is 0 Å². The molecule has 0 heterocycles. The fraction of sp³-hybridized carbons (Fsp3) is 0.500. The quantitative estimate of drug-likeness (QED) is 0.755. The molecule has 0 aliphatic heterocycles. The van der Waals surface area contributed by atoms with Gasteiger partial charge < -0.3 is 5.11 Å². The van der Waals surface area contributed by atoms with Gasteiger partial charge in [-0.05, 0) is 42.4 Å². The van der Waals surface area contributed by atoms with Crippen LogP contribution in [-0.2, 0) is 5.41 Å². The Morgan fingerprint density at radius 2 is 2.29 bits per heavy atom. The van der Waals surface area contributed by atoms with Gasteiger partial charge in [-0.2, -0.15) is 0 Å². The molecule has 1 fully saturated rings. The molecule has 1 saturated carbocycles. The zero-order valence-corrected chi connectivity index (χ0v) is 9.09. The molecule has 2 rings (SSSR count). The number of rotatable bonds is 1. The highest BCUT2D eigenvalue weighted by Gasteiger charge is 2.35. The Kier molecular flexibility index (Phi) is 2.54. The second kappa shape index (κ2) is 3.56. The van der Waals surface area contributed by atoms with Crippen molar-refractivity contribution < 1.29 is 5.11 Å². The molecule has 0 bridgehead atoms. The summed E-state index contributed by atoms with van der Waals surface area (Å²) in [6.45, 7) is 2.20. The minimum atomic E-state index is -0.140. The van der Waals surface area contributed by atoms with Crippen molar-refractivity contribution in [3.8, 4) is 0 Å². The molecule has 2 heteroatoms. The zero-order valence-electron chi connectivity index (χ0n) is 8.33. The summed E-state index contributed by atoms with van der Waals surface area (Å²) < 4.78 is 0. The predicted octanol–water partition coefficient (Wildman–Crippen LogP) is 3.14. The van der Waals surface area contributed by atoms with Crippen molar-refractivity contribution in [3.05, 3.63) is 34.9 Å². The summed E-state index contributed by atoms with van der Waals surface area (Å²) in [6, 6.07) is 7.98. The average molecular weight is 211 g/mol. The second-order valence-electron chi connectivity index (χ2n) is 4.47. The van der Waals surface area contributed by atoms with Gasteiger partial charge in [-0.15, -0.1) is 0 Å². The molecule has 1 N–H and O–H groups in total. The standard InChI is InChI=1S/C12H15ClO/c1-12(6-5-11(14)8-12)9-3-2-4-10(13)7-9/h2-4,7,11,14H,5-6,8H2,1H3. The van der Waals surface area contributed by atoms with Crippen LogP contribution in [-0.4, -0.2) is 11.2 Å². The third-order valence-corrected chi connectivity index (χ3v) is 3.47. The highest BCUT2D eigenvalue weighted by atomic mass is 35.5. The number of aliphatic hydroxyl groups is 1. The lowest BCUT2D eigenvalue weighted by Crippen LogP contribution is -2.18. The van der Waals surface area contributed by atoms with Crippen molar-refractivity contribution in [3.63, 3.8) is 0 Å². The third-order valence-electron chi connectivity index (χ3n) is 3.24. The Balaban J connectivity index is 2.30. The fourth-order valence-electron chi connectivity index (χ4n) is 2.34. The minimum Gasteiger partial charge on any atom is -0.393 e. The van der Waals surface area contributed by atoms with Crippen molar-refractivity contribution in [2.45, 2.75) is 37.7 Å². The van der Waals surface area contributed by atoms with Gasteiger partial charge in [0, 0.05) is 5.02 Å². The number of hydrogen-bond donors (Lipinski definition) is 1. The molecule has 14 heavy (non-hydrogen) atoms. The van der Waals surface area contributed by atoms with Crippen LogP contribution in [0.15, 0.2) is 24.3 Å². The summed E-state index contributed by atoms with van der Waals surface area (Å²) in [4.78, 5) is 0. The van der Waals surface area contributed by atoms with Crippen molar-refractivity contribution in [2.24, 2.45) is 0 Å². The summed E-state index contributed by atoms with van der Waals surface area (Å²) in [5.74, 6) is 0. The average Bonchev–Trinajstić information content (AvgIpc) is 2.48. The Morgan fingerprint density at radius 3 is 2.86 bits per heavy atom. The van der Waals surface area contributed by atoms with Gasteiger partial charge in [-0.25, -0.2) is 0 Å². The molecule has 1 aromatic rings. The first-order chi connectivity index (χ1) is 6.60. The Hall–Kier alpha value is -0.530. The summed E-state index contributed by atoms with van der Waals surface area (Å²) in [5.41, 5.74) is 1.37. The van der Waals surface area contributed by atoms with E-state index in [-0.39, 0.29) is 11.5 Å². The van der Waals surface area contributed by atoms with E-state index in [1.807, 2.05) is 18.2 Å². The van der Waals surface area contributed by atoms with Gasteiger partial charge in [0.1, 0.15) is 0 Å². The summed E-state index contributed by atoms with van der Waals surface area (Å²) >= 11 is 5.96. The first kappa shape index (κ1) is 10.0. The summed E-state index contributed by atoms with van der Waals surface area (Å²) in [6.07, 6.45) is 2.67. The maximum absolute atomic E-state index is 9.56. The number of aliphatic hydroxyl groups excluding tert-OH is 1. The van der Waals surface area contributed by atoms with Crippen LogP contribution in [0, 0.1) is 0 Å². The van der Waals surface area contributed by atoms with Gasteiger partial charge in [-0.3, -0.25) is 0 Å². The van der Waals surface area contributed by atoms with E-state index in [0.717, 1.165) is 24.3 Å². The molecule has 1 nitrogen and oxygen atoms in total. The smallest absolute Gasteiger partial charge is 0.0549 e. The topological polar surface area (TPSA) is 20.2 Å². The molecule has 1 aliphatic rings. The number of hydrogen-bond acceptors (Lipinski definition) is 1. The number of halogens is 1. The van der Waals surface area contributed by atoms with Crippen LogP contribution in [0.3, 0.4) is 0 Å². The monoisotopic (exact) mass is 210 g/mol. The van der Waals surface area contributed by atoms with E-state index in [1.54, 1.807) is 0 Å². The molecular weight excluding hydrogens is 196 g/mol. The SMILES string of the molecule is CC1(c2cccc(Cl)c2)CCC(O)C1. The first-order valence-electron chi connectivity index (χ1n) is 5.04. The second-order valence-corrected chi connectivity index (χ2v) is 4.90. The van der Waals surface area contributed by atoms with Gasteiger partial charge in [-0.1, -0.05) is 30.7 Å². The van der Waals surface area contributed by atoms with Crippen LogP contribution in [0.2, 0.25) is 5.02 Å². The van der Waals surface area contributed by atoms with E-state index in [1.165, 1.54) is 5.56 Å². The molecule has 0 spiro atoms. The summed E-state index contributed by atoms with van der Waals surface area (Å²) in [5, 5.41) is 10.3. The lowest BCUT2D eigenvalue weighted by Gasteiger charge is -2.24. The van der Waals surface area contributed by atoms with E-state index < -0.39 is 0 Å². The fourth-order valence-corrected chi connectivity index (χ4v) is 2.53. The summed E-state index contributed by atoms with van der Waals surface area (Å²) in [7, 11) is 0. The van der Waals surface area contributed by atoms with Crippen LogP contribution in [0.25, 0.3) is 0 Å². The van der Waals surface area contributed by atoms with Crippen LogP contribution >= 0.6 is 11.6 Å². The molecule has 1 aromatic carbocycles. The van der Waals surface area contributed by atoms with Crippen molar-refractivity contribution in [1.82, 2.24) is 0 Å². The van der Waals surface area contributed by atoms with E-state index in [2.05, 4.69) is 13.0 Å². The third kappa shape index (κ3) is 1.79. The Labute approximate surface area is 89.7 Å².